The summed E-state index contributed by atoms with van der Waals surface area (Å²) in [6.07, 6.45) is 1.36. The lowest BCUT2D eigenvalue weighted by atomic mass is 10.3. The summed E-state index contributed by atoms with van der Waals surface area (Å²) in [7, 11) is 0. The molecule has 0 saturated heterocycles. The molecule has 0 saturated carbocycles. The fourth-order valence-corrected chi connectivity index (χ4v) is 0.940. The van der Waals surface area contributed by atoms with Gasteiger partial charge in [-0.3, -0.25) is 0 Å². The third kappa shape index (κ3) is 1.54. The van der Waals surface area contributed by atoms with Crippen LogP contribution in [0.4, 0.5) is 4.39 Å². The Balaban J connectivity index is 2.50. The fraction of sp³-hybridized carbons (Fsp3) is 0.125. The first-order valence-electron chi connectivity index (χ1n) is 3.92. The molecule has 70 valence electrons. The Labute approximate surface area is 79.1 Å². The number of hydrogen-bond acceptors (Lipinski definition) is 5. The maximum Gasteiger partial charge on any atom is 0.224 e. The lowest BCUT2D eigenvalue weighted by Crippen LogP contribution is -2.00. The maximum atomic E-state index is 13.1. The van der Waals surface area contributed by atoms with Crippen LogP contribution in [0.1, 0.15) is 5.82 Å². The predicted octanol–water partition coefficient (Wildman–Crippen LogP) is 0.776. The molecule has 5 nitrogen and oxygen atoms in total. The van der Waals surface area contributed by atoms with E-state index >= 15 is 0 Å². The topological polar surface area (TPSA) is 64.5 Å². The molecule has 0 radical (unpaired) electrons. The van der Waals surface area contributed by atoms with E-state index in [4.69, 9.17) is 0 Å². The Morgan fingerprint density at radius 1 is 1.14 bits per heavy atom. The molecule has 2 rings (SSSR count). The molecule has 14 heavy (non-hydrogen) atoms. The standard InChI is InChI=1S/C8H6FN5/c1-5-11-13-8(14-12-5)6-3-2-4-10-7(6)9/h2-4H,1H3. The number of pyridine rings is 1. The van der Waals surface area contributed by atoms with E-state index < -0.39 is 5.95 Å². The highest BCUT2D eigenvalue weighted by Crippen LogP contribution is 2.14. The highest BCUT2D eigenvalue weighted by molar-refractivity contribution is 5.52. The van der Waals surface area contributed by atoms with Gasteiger partial charge < -0.3 is 0 Å². The Hall–Kier alpha value is -1.98. The van der Waals surface area contributed by atoms with Gasteiger partial charge in [-0.1, -0.05) is 0 Å². The first-order valence-corrected chi connectivity index (χ1v) is 3.92. The van der Waals surface area contributed by atoms with Gasteiger partial charge in [-0.2, -0.15) is 4.39 Å². The summed E-state index contributed by atoms with van der Waals surface area (Å²) in [4.78, 5) is 3.48. The smallest absolute Gasteiger partial charge is 0.224 e. The van der Waals surface area contributed by atoms with Crippen molar-refractivity contribution in [3.8, 4) is 11.4 Å². The molecule has 0 aliphatic heterocycles. The minimum absolute atomic E-state index is 0.140. The van der Waals surface area contributed by atoms with Crippen molar-refractivity contribution in [2.24, 2.45) is 0 Å². The van der Waals surface area contributed by atoms with E-state index in [0.29, 0.717) is 5.82 Å². The molecule has 0 spiro atoms. The molecule has 0 aliphatic carbocycles. The Kier molecular flexibility index (Phi) is 2.10. The molecule has 0 amide bonds. The fourth-order valence-electron chi connectivity index (χ4n) is 0.940. The normalized spacial score (nSPS) is 10.1. The van der Waals surface area contributed by atoms with Gasteiger partial charge in [-0.05, 0) is 19.1 Å². The van der Waals surface area contributed by atoms with Gasteiger partial charge in [0.25, 0.3) is 0 Å². The van der Waals surface area contributed by atoms with Gasteiger partial charge in [0, 0.05) is 6.20 Å². The number of rotatable bonds is 1. The third-order valence-electron chi connectivity index (χ3n) is 1.58. The molecule has 0 aromatic carbocycles. The van der Waals surface area contributed by atoms with Crippen molar-refractivity contribution >= 4 is 0 Å². The molecule has 0 atom stereocenters. The zero-order valence-electron chi connectivity index (χ0n) is 7.35. The van der Waals surface area contributed by atoms with E-state index in [-0.39, 0.29) is 11.4 Å². The zero-order valence-corrected chi connectivity index (χ0v) is 7.35. The Morgan fingerprint density at radius 3 is 2.50 bits per heavy atom. The van der Waals surface area contributed by atoms with Gasteiger partial charge in [0.2, 0.25) is 11.8 Å². The van der Waals surface area contributed by atoms with Crippen LogP contribution in [0.2, 0.25) is 0 Å². The average molecular weight is 191 g/mol. The molecule has 0 N–H and O–H groups in total. The predicted molar refractivity (Wildman–Crippen MR) is 45.5 cm³/mol. The zero-order chi connectivity index (χ0) is 9.97. The summed E-state index contributed by atoms with van der Waals surface area (Å²) >= 11 is 0. The highest BCUT2D eigenvalue weighted by Gasteiger charge is 2.08. The van der Waals surface area contributed by atoms with Gasteiger partial charge in [-0.15, -0.1) is 20.4 Å². The van der Waals surface area contributed by atoms with E-state index in [1.807, 2.05) is 0 Å². The average Bonchev–Trinajstić information content (AvgIpc) is 2.20. The second kappa shape index (κ2) is 3.41. The third-order valence-corrected chi connectivity index (χ3v) is 1.58. The van der Waals surface area contributed by atoms with Gasteiger partial charge in [-0.25, -0.2) is 4.98 Å². The van der Waals surface area contributed by atoms with Crippen LogP contribution in [0.25, 0.3) is 11.4 Å². The lowest BCUT2D eigenvalue weighted by molar-refractivity contribution is 0.585. The van der Waals surface area contributed by atoms with Crippen LogP contribution >= 0.6 is 0 Å². The molecule has 0 fully saturated rings. The van der Waals surface area contributed by atoms with Crippen LogP contribution in [0.15, 0.2) is 18.3 Å². The summed E-state index contributed by atoms with van der Waals surface area (Å²) in [5.74, 6) is -0.0424. The number of nitrogens with zero attached hydrogens (tertiary/aromatic N) is 5. The van der Waals surface area contributed by atoms with Crippen LogP contribution in [0.3, 0.4) is 0 Å². The van der Waals surface area contributed by atoms with Crippen molar-refractivity contribution in [3.05, 3.63) is 30.1 Å². The molecule has 0 unspecified atom stereocenters. The summed E-state index contributed by atoms with van der Waals surface area (Å²) < 4.78 is 13.1. The number of halogens is 1. The number of aromatic nitrogens is 5. The molecule has 2 heterocycles. The van der Waals surface area contributed by atoms with Crippen LogP contribution in [0.5, 0.6) is 0 Å². The monoisotopic (exact) mass is 191 g/mol. The molecule has 0 aliphatic rings. The van der Waals surface area contributed by atoms with Crippen molar-refractivity contribution < 1.29 is 4.39 Å². The van der Waals surface area contributed by atoms with Crippen molar-refractivity contribution in [1.29, 1.82) is 0 Å². The van der Waals surface area contributed by atoms with Crippen molar-refractivity contribution in [3.63, 3.8) is 0 Å². The summed E-state index contributed by atoms with van der Waals surface area (Å²) in [5, 5.41) is 14.8. The van der Waals surface area contributed by atoms with Gasteiger partial charge in [0.15, 0.2) is 5.82 Å². The van der Waals surface area contributed by atoms with Gasteiger partial charge in [0.05, 0.1) is 5.56 Å². The van der Waals surface area contributed by atoms with E-state index in [2.05, 4.69) is 25.4 Å². The molecule has 0 bridgehead atoms. The minimum Gasteiger partial charge on any atom is -0.228 e. The van der Waals surface area contributed by atoms with E-state index in [0.717, 1.165) is 0 Å². The molecule has 6 heteroatoms. The van der Waals surface area contributed by atoms with Crippen LogP contribution in [0, 0.1) is 12.9 Å². The summed E-state index contributed by atoms with van der Waals surface area (Å²) in [5.41, 5.74) is 0.201. The molecule has 2 aromatic rings. The van der Waals surface area contributed by atoms with Gasteiger partial charge in [0.1, 0.15) is 0 Å². The molecular formula is C8H6FN5. The van der Waals surface area contributed by atoms with Crippen molar-refractivity contribution in [2.45, 2.75) is 6.92 Å². The van der Waals surface area contributed by atoms with Gasteiger partial charge >= 0.3 is 0 Å². The van der Waals surface area contributed by atoms with E-state index in [1.54, 1.807) is 13.0 Å². The molecular weight excluding hydrogens is 185 g/mol. The SMILES string of the molecule is Cc1nnc(-c2cccnc2F)nn1. The van der Waals surface area contributed by atoms with Crippen LogP contribution < -0.4 is 0 Å². The van der Waals surface area contributed by atoms with Crippen molar-refractivity contribution in [1.82, 2.24) is 25.4 Å². The summed E-state index contributed by atoms with van der Waals surface area (Å²) in [6, 6.07) is 3.12. The largest absolute Gasteiger partial charge is 0.228 e. The number of hydrogen-bond donors (Lipinski definition) is 0. The molecule has 2 aromatic heterocycles. The first-order chi connectivity index (χ1) is 6.77. The second-order valence-corrected chi connectivity index (χ2v) is 2.61. The van der Waals surface area contributed by atoms with Crippen LogP contribution in [-0.2, 0) is 0 Å². The number of aryl methyl sites for hydroxylation is 1. The Morgan fingerprint density at radius 2 is 1.86 bits per heavy atom. The van der Waals surface area contributed by atoms with Crippen molar-refractivity contribution in [2.75, 3.05) is 0 Å². The Bertz CT molecular complexity index is 442. The highest BCUT2D eigenvalue weighted by atomic mass is 19.1. The quantitative estimate of drug-likeness (QED) is 0.623. The van der Waals surface area contributed by atoms with E-state index in [1.165, 1.54) is 12.3 Å². The second-order valence-electron chi connectivity index (χ2n) is 2.61. The minimum atomic E-state index is -0.625. The first kappa shape index (κ1) is 8.61. The van der Waals surface area contributed by atoms with E-state index in [9.17, 15) is 4.39 Å². The van der Waals surface area contributed by atoms with Crippen LogP contribution in [-0.4, -0.2) is 25.4 Å². The maximum absolute atomic E-state index is 13.1. The lowest BCUT2D eigenvalue weighted by Gasteiger charge is -1.97. The summed E-state index contributed by atoms with van der Waals surface area (Å²) in [6.45, 7) is 1.66.